The van der Waals surface area contributed by atoms with Crippen LogP contribution in [0.5, 0.6) is 0 Å². The first-order chi connectivity index (χ1) is 19.6. The Balaban J connectivity index is 0.000000202. The van der Waals surface area contributed by atoms with E-state index in [-0.39, 0.29) is 24.7 Å². The number of oxazole rings is 1. The van der Waals surface area contributed by atoms with Crippen LogP contribution in [0.25, 0.3) is 11.3 Å². The number of aromatic nitrogens is 1. The van der Waals surface area contributed by atoms with E-state index >= 15 is 0 Å². The SMILES string of the molecule is CC1(c2nc(-c3ccc(N4CCS(=O)CC4)cc3)co2)CCC(F)(F)CC1.N#CC1(NC(=O)C2CCCCC2)CC1. The van der Waals surface area contributed by atoms with E-state index in [0.717, 1.165) is 68.6 Å². The van der Waals surface area contributed by atoms with Gasteiger partial charge in [-0.05, 0) is 50.7 Å². The van der Waals surface area contributed by atoms with E-state index in [9.17, 15) is 17.8 Å². The van der Waals surface area contributed by atoms with Crippen molar-refractivity contribution >= 4 is 22.4 Å². The summed E-state index contributed by atoms with van der Waals surface area (Å²) in [6.45, 7) is 3.58. The number of benzene rings is 1. The van der Waals surface area contributed by atoms with Crippen molar-refractivity contribution in [1.29, 1.82) is 5.26 Å². The normalized spacial score (nSPS) is 23.5. The minimum absolute atomic E-state index is 0.115. The molecule has 10 heteroatoms. The number of carbonyl (C=O) groups excluding carboxylic acids is 1. The zero-order chi connectivity index (χ0) is 29.1. The summed E-state index contributed by atoms with van der Waals surface area (Å²) in [6, 6.07) is 10.3. The Morgan fingerprint density at radius 1 is 1.05 bits per heavy atom. The van der Waals surface area contributed by atoms with E-state index in [1.165, 1.54) is 6.42 Å². The van der Waals surface area contributed by atoms with E-state index in [1.807, 2.05) is 31.2 Å². The molecule has 4 aliphatic rings. The van der Waals surface area contributed by atoms with Crippen LogP contribution >= 0.6 is 0 Å². The van der Waals surface area contributed by atoms with E-state index < -0.39 is 27.7 Å². The smallest absolute Gasteiger partial charge is 0.248 e. The molecule has 1 saturated heterocycles. The summed E-state index contributed by atoms with van der Waals surface area (Å²) in [7, 11) is -0.689. The van der Waals surface area contributed by atoms with Gasteiger partial charge in [-0.15, -0.1) is 0 Å². The van der Waals surface area contributed by atoms with Gasteiger partial charge in [0, 0.05) is 70.8 Å². The quantitative estimate of drug-likeness (QED) is 0.454. The third-order valence-electron chi connectivity index (χ3n) is 9.11. The Morgan fingerprint density at radius 2 is 1.68 bits per heavy atom. The van der Waals surface area contributed by atoms with Crippen molar-refractivity contribution in [3.05, 3.63) is 36.4 Å². The van der Waals surface area contributed by atoms with E-state index in [1.54, 1.807) is 6.26 Å². The summed E-state index contributed by atoms with van der Waals surface area (Å²) in [5, 5.41) is 11.7. The zero-order valence-corrected chi connectivity index (χ0v) is 24.6. The molecule has 2 aromatic rings. The lowest BCUT2D eigenvalue weighted by molar-refractivity contribution is -0.126. The monoisotopic (exact) mass is 586 g/mol. The fourth-order valence-electron chi connectivity index (χ4n) is 5.90. The van der Waals surface area contributed by atoms with E-state index in [2.05, 4.69) is 21.3 Å². The van der Waals surface area contributed by atoms with Gasteiger partial charge < -0.3 is 14.6 Å². The largest absolute Gasteiger partial charge is 0.448 e. The minimum Gasteiger partial charge on any atom is -0.448 e. The standard InChI is InChI=1S/C20H24F2N2O2S.C11H16N2O/c1-19(6-8-20(21,22)9-7-19)18-23-17(14-26-18)15-2-4-16(5-3-15)24-10-12-27(25)13-11-24;12-8-11(6-7-11)13-10(14)9-4-2-1-3-5-9/h2-5,14H,6-13H2,1H3;9H,1-7H2,(H,13,14). The van der Waals surface area contributed by atoms with E-state index in [4.69, 9.17) is 9.68 Å². The molecular formula is C31H40F2N4O3S. The maximum Gasteiger partial charge on any atom is 0.248 e. The maximum absolute atomic E-state index is 13.5. The lowest BCUT2D eigenvalue weighted by Crippen LogP contribution is -2.40. The summed E-state index contributed by atoms with van der Waals surface area (Å²) >= 11 is 0. The number of hydrogen-bond acceptors (Lipinski definition) is 6. The van der Waals surface area contributed by atoms with Crippen LogP contribution in [-0.4, -0.2) is 51.2 Å². The Labute approximate surface area is 243 Å². The van der Waals surface area contributed by atoms with Gasteiger partial charge in [-0.1, -0.05) is 38.3 Å². The summed E-state index contributed by atoms with van der Waals surface area (Å²) in [5.41, 5.74) is 1.88. The predicted octanol–water partition coefficient (Wildman–Crippen LogP) is 6.12. The Morgan fingerprint density at radius 3 is 2.27 bits per heavy atom. The number of hydrogen-bond donors (Lipinski definition) is 1. The summed E-state index contributed by atoms with van der Waals surface area (Å²) in [6.07, 6.45) is 9.43. The molecule has 0 spiro atoms. The van der Waals surface area contributed by atoms with Crippen molar-refractivity contribution in [2.75, 3.05) is 29.5 Å². The molecule has 3 aliphatic carbocycles. The molecule has 41 heavy (non-hydrogen) atoms. The number of amides is 1. The van der Waals surface area contributed by atoms with Gasteiger partial charge in [0.2, 0.25) is 17.7 Å². The molecule has 1 aliphatic heterocycles. The highest BCUT2D eigenvalue weighted by atomic mass is 32.2. The fraction of sp³-hybridized carbons (Fsp3) is 0.645. The third kappa shape index (κ3) is 7.35. The number of anilines is 1. The number of rotatable bonds is 5. The van der Waals surface area contributed by atoms with Crippen molar-refractivity contribution in [2.24, 2.45) is 5.92 Å². The van der Waals surface area contributed by atoms with Crippen molar-refractivity contribution in [3.63, 3.8) is 0 Å². The van der Waals surface area contributed by atoms with Crippen molar-refractivity contribution in [2.45, 2.75) is 94.4 Å². The molecule has 2 heterocycles. The van der Waals surface area contributed by atoms with Crippen molar-refractivity contribution < 1.29 is 22.2 Å². The maximum atomic E-state index is 13.5. The average molecular weight is 587 g/mol. The molecule has 1 aromatic heterocycles. The first-order valence-corrected chi connectivity index (χ1v) is 16.4. The van der Waals surface area contributed by atoms with Gasteiger partial charge in [-0.2, -0.15) is 5.26 Å². The van der Waals surface area contributed by atoms with Crippen LogP contribution in [0.1, 0.15) is 83.4 Å². The van der Waals surface area contributed by atoms with Crippen LogP contribution < -0.4 is 10.2 Å². The molecule has 0 bridgehead atoms. The van der Waals surface area contributed by atoms with Crippen LogP contribution in [0.2, 0.25) is 0 Å². The zero-order valence-electron chi connectivity index (χ0n) is 23.8. The molecule has 7 nitrogen and oxygen atoms in total. The number of halogens is 2. The third-order valence-corrected chi connectivity index (χ3v) is 10.4. The molecular weight excluding hydrogens is 546 g/mol. The lowest BCUT2D eigenvalue weighted by atomic mass is 9.74. The average Bonchev–Trinajstić information content (AvgIpc) is 3.58. The Bertz CT molecular complexity index is 1260. The first kappa shape index (κ1) is 29.7. The van der Waals surface area contributed by atoms with Gasteiger partial charge in [-0.25, -0.2) is 13.8 Å². The molecule has 222 valence electrons. The number of nitrogens with one attached hydrogen (secondary N) is 1. The number of nitrogens with zero attached hydrogens (tertiary/aromatic N) is 3. The highest BCUT2D eigenvalue weighted by Crippen LogP contribution is 2.45. The molecule has 0 unspecified atom stereocenters. The summed E-state index contributed by atoms with van der Waals surface area (Å²) < 4.78 is 44.1. The molecule has 1 N–H and O–H groups in total. The summed E-state index contributed by atoms with van der Waals surface area (Å²) in [5.74, 6) is -0.293. The number of alkyl halides is 2. The topological polar surface area (TPSA) is 99.2 Å². The molecule has 3 saturated carbocycles. The van der Waals surface area contributed by atoms with Gasteiger partial charge in [-0.3, -0.25) is 9.00 Å². The molecule has 0 radical (unpaired) electrons. The van der Waals surface area contributed by atoms with Gasteiger partial charge in [0.15, 0.2) is 0 Å². The second-order valence-corrected chi connectivity index (χ2v) is 14.1. The minimum atomic E-state index is -2.56. The first-order valence-electron chi connectivity index (χ1n) is 14.9. The van der Waals surface area contributed by atoms with Crippen LogP contribution in [0.3, 0.4) is 0 Å². The van der Waals surface area contributed by atoms with Crippen LogP contribution in [0.4, 0.5) is 14.5 Å². The van der Waals surface area contributed by atoms with Crippen LogP contribution in [-0.2, 0) is 21.0 Å². The van der Waals surface area contributed by atoms with Gasteiger partial charge in [0.1, 0.15) is 17.5 Å². The molecule has 4 fully saturated rings. The van der Waals surface area contributed by atoms with Crippen LogP contribution in [0.15, 0.2) is 34.9 Å². The summed E-state index contributed by atoms with van der Waals surface area (Å²) in [4.78, 5) is 18.6. The second kappa shape index (κ2) is 12.2. The molecule has 6 rings (SSSR count). The highest BCUT2D eigenvalue weighted by molar-refractivity contribution is 7.85. The Hall–Kier alpha value is -2.80. The van der Waals surface area contributed by atoms with Crippen LogP contribution in [0, 0.1) is 17.2 Å². The highest BCUT2D eigenvalue weighted by Gasteiger charge is 2.46. The predicted molar refractivity (Wildman–Crippen MR) is 155 cm³/mol. The lowest BCUT2D eigenvalue weighted by Gasteiger charge is -2.34. The second-order valence-electron chi connectivity index (χ2n) is 12.4. The van der Waals surface area contributed by atoms with Gasteiger partial charge in [0.05, 0.1) is 6.07 Å². The van der Waals surface area contributed by atoms with Gasteiger partial charge >= 0.3 is 0 Å². The van der Waals surface area contributed by atoms with Crippen molar-refractivity contribution in [1.82, 2.24) is 10.3 Å². The Kier molecular flexibility index (Phi) is 8.84. The fourth-order valence-corrected chi connectivity index (χ4v) is 6.95. The molecule has 1 aromatic carbocycles. The number of carbonyl (C=O) groups is 1. The van der Waals surface area contributed by atoms with Gasteiger partial charge in [0.25, 0.3) is 0 Å². The number of nitriles is 1. The molecule has 1 amide bonds. The van der Waals surface area contributed by atoms with E-state index in [0.29, 0.717) is 30.2 Å². The molecule has 0 atom stereocenters. The van der Waals surface area contributed by atoms with Crippen molar-refractivity contribution in [3.8, 4) is 17.3 Å².